The number of nitrogens with zero attached hydrogens (tertiary/aromatic N) is 2. The molecule has 0 bridgehead atoms. The second kappa shape index (κ2) is 4.58. The van der Waals surface area contributed by atoms with Gasteiger partial charge in [0.1, 0.15) is 0 Å². The molecule has 4 nitrogen and oxygen atoms in total. The van der Waals surface area contributed by atoms with Crippen LogP contribution in [0, 0.1) is 5.92 Å². The molecular formula is C13H24N2O2. The predicted octanol–water partition coefficient (Wildman–Crippen LogP) is 0.700. The van der Waals surface area contributed by atoms with Gasteiger partial charge in [-0.1, -0.05) is 0 Å². The maximum absolute atomic E-state index is 12.5. The van der Waals surface area contributed by atoms with E-state index >= 15 is 0 Å². The van der Waals surface area contributed by atoms with Crippen molar-refractivity contribution in [2.24, 2.45) is 5.92 Å². The van der Waals surface area contributed by atoms with Crippen LogP contribution in [0.25, 0.3) is 0 Å². The number of aliphatic hydroxyl groups excluding tert-OH is 1. The fraction of sp³-hybridized carbons (Fsp3) is 0.923. The molecule has 0 aromatic rings. The average molecular weight is 240 g/mol. The molecule has 2 rings (SSSR count). The van der Waals surface area contributed by atoms with E-state index in [1.54, 1.807) is 0 Å². The summed E-state index contributed by atoms with van der Waals surface area (Å²) in [5, 5.41) is 9.92. The van der Waals surface area contributed by atoms with Crippen LogP contribution in [0.5, 0.6) is 0 Å². The fourth-order valence-electron chi connectivity index (χ4n) is 3.06. The molecule has 4 heteroatoms. The van der Waals surface area contributed by atoms with E-state index in [9.17, 15) is 9.90 Å². The van der Waals surface area contributed by atoms with Gasteiger partial charge in [-0.05, 0) is 46.7 Å². The summed E-state index contributed by atoms with van der Waals surface area (Å²) in [6.07, 6.45) is 2.42. The van der Waals surface area contributed by atoms with Crippen LogP contribution in [-0.2, 0) is 4.79 Å². The van der Waals surface area contributed by atoms with E-state index in [0.717, 1.165) is 25.9 Å². The van der Waals surface area contributed by atoms with Gasteiger partial charge < -0.3 is 14.9 Å². The zero-order valence-corrected chi connectivity index (χ0v) is 11.1. The highest BCUT2D eigenvalue weighted by molar-refractivity contribution is 5.80. The maximum atomic E-state index is 12.5. The van der Waals surface area contributed by atoms with Crippen LogP contribution in [0.1, 0.15) is 33.1 Å². The lowest BCUT2D eigenvalue weighted by molar-refractivity contribution is -0.142. The Balaban J connectivity index is 2.05. The normalized spacial score (nSPS) is 34.0. The van der Waals surface area contributed by atoms with E-state index in [0.29, 0.717) is 13.0 Å². The Labute approximate surface area is 104 Å². The van der Waals surface area contributed by atoms with Gasteiger partial charge in [-0.25, -0.2) is 0 Å². The van der Waals surface area contributed by atoms with Crippen LogP contribution in [0.3, 0.4) is 0 Å². The smallest absolute Gasteiger partial charge is 0.227 e. The van der Waals surface area contributed by atoms with E-state index in [1.165, 1.54) is 0 Å². The van der Waals surface area contributed by atoms with Crippen molar-refractivity contribution in [3.05, 3.63) is 0 Å². The minimum absolute atomic E-state index is 0.123. The Kier molecular flexibility index (Phi) is 3.46. The molecule has 0 radical (unpaired) electrons. The molecule has 0 aromatic carbocycles. The highest BCUT2D eigenvalue weighted by Crippen LogP contribution is 2.31. The summed E-state index contributed by atoms with van der Waals surface area (Å²) in [5.41, 5.74) is -0.396. The number of amides is 1. The van der Waals surface area contributed by atoms with Crippen molar-refractivity contribution in [2.75, 3.05) is 26.7 Å². The van der Waals surface area contributed by atoms with Gasteiger partial charge in [0.2, 0.25) is 5.91 Å². The first-order valence-corrected chi connectivity index (χ1v) is 6.61. The monoisotopic (exact) mass is 240 g/mol. The highest BCUT2D eigenvalue weighted by atomic mass is 16.3. The van der Waals surface area contributed by atoms with Crippen LogP contribution in [0.15, 0.2) is 0 Å². The first-order valence-electron chi connectivity index (χ1n) is 6.61. The van der Waals surface area contributed by atoms with Gasteiger partial charge in [0.15, 0.2) is 0 Å². The lowest BCUT2D eigenvalue weighted by Gasteiger charge is -2.38. The second-order valence-corrected chi connectivity index (χ2v) is 6.05. The molecule has 0 spiro atoms. The van der Waals surface area contributed by atoms with Gasteiger partial charge in [-0.3, -0.25) is 4.79 Å². The van der Waals surface area contributed by atoms with Crippen molar-refractivity contribution in [3.8, 4) is 0 Å². The van der Waals surface area contributed by atoms with Gasteiger partial charge in [-0.2, -0.15) is 0 Å². The molecule has 2 fully saturated rings. The van der Waals surface area contributed by atoms with E-state index in [1.807, 2.05) is 18.7 Å². The molecule has 17 heavy (non-hydrogen) atoms. The molecule has 2 atom stereocenters. The van der Waals surface area contributed by atoms with Crippen molar-refractivity contribution in [1.29, 1.82) is 0 Å². The van der Waals surface area contributed by atoms with Crippen LogP contribution in [-0.4, -0.2) is 59.1 Å². The van der Waals surface area contributed by atoms with E-state index < -0.39 is 5.54 Å². The quantitative estimate of drug-likeness (QED) is 0.734. The third kappa shape index (κ3) is 2.33. The van der Waals surface area contributed by atoms with Crippen molar-refractivity contribution in [3.63, 3.8) is 0 Å². The zero-order valence-electron chi connectivity index (χ0n) is 11.1. The summed E-state index contributed by atoms with van der Waals surface area (Å²) in [4.78, 5) is 16.6. The first kappa shape index (κ1) is 12.8. The molecule has 98 valence electrons. The Morgan fingerprint density at radius 3 is 2.53 bits per heavy atom. The number of carbonyl (C=O) groups excluding carboxylic acids is 1. The number of rotatable bonds is 1. The minimum atomic E-state index is -0.396. The van der Waals surface area contributed by atoms with Crippen LogP contribution < -0.4 is 0 Å². The van der Waals surface area contributed by atoms with E-state index in [-0.39, 0.29) is 17.9 Å². The molecular weight excluding hydrogens is 216 g/mol. The third-order valence-corrected chi connectivity index (χ3v) is 4.38. The Bertz CT molecular complexity index is 304. The van der Waals surface area contributed by atoms with Gasteiger partial charge in [0.25, 0.3) is 0 Å². The van der Waals surface area contributed by atoms with Gasteiger partial charge in [0, 0.05) is 13.1 Å². The minimum Gasteiger partial charge on any atom is -0.391 e. The molecule has 2 aliphatic rings. The zero-order chi connectivity index (χ0) is 12.6. The number of likely N-dealkylation sites (tertiary alicyclic amines) is 2. The molecule has 2 saturated heterocycles. The summed E-state index contributed by atoms with van der Waals surface area (Å²) in [6, 6.07) is 0. The number of aliphatic hydroxyl groups is 1. The van der Waals surface area contributed by atoms with Crippen molar-refractivity contribution >= 4 is 5.91 Å². The second-order valence-electron chi connectivity index (χ2n) is 6.05. The molecule has 0 aliphatic carbocycles. The highest BCUT2D eigenvalue weighted by Gasteiger charge is 2.44. The summed E-state index contributed by atoms with van der Waals surface area (Å²) in [5.74, 6) is 0.358. The standard InChI is InChI=1S/C13H24N2O2/c1-13(2)11(16)6-8-15(13)12(17)10-5-4-7-14(3)9-10/h10-11,16H,4-9H2,1-3H3. The molecule has 2 aliphatic heterocycles. The molecule has 1 N–H and O–H groups in total. The van der Waals surface area contributed by atoms with Crippen LogP contribution in [0.2, 0.25) is 0 Å². The number of hydrogen-bond acceptors (Lipinski definition) is 3. The summed E-state index contributed by atoms with van der Waals surface area (Å²) >= 11 is 0. The van der Waals surface area contributed by atoms with Gasteiger partial charge in [-0.15, -0.1) is 0 Å². The molecule has 0 saturated carbocycles. The maximum Gasteiger partial charge on any atom is 0.227 e. The Hall–Kier alpha value is -0.610. The van der Waals surface area contributed by atoms with Gasteiger partial charge in [0.05, 0.1) is 17.6 Å². The molecule has 1 amide bonds. The van der Waals surface area contributed by atoms with Crippen molar-refractivity contribution in [2.45, 2.75) is 44.8 Å². The van der Waals surface area contributed by atoms with E-state index in [4.69, 9.17) is 0 Å². The number of piperidine rings is 1. The SMILES string of the molecule is CN1CCCC(C(=O)N2CCC(O)C2(C)C)C1. The molecule has 2 unspecified atom stereocenters. The summed E-state index contributed by atoms with van der Waals surface area (Å²) in [7, 11) is 2.07. The predicted molar refractivity (Wildman–Crippen MR) is 66.6 cm³/mol. The van der Waals surface area contributed by atoms with Crippen molar-refractivity contribution in [1.82, 2.24) is 9.80 Å². The Morgan fingerprint density at radius 1 is 1.29 bits per heavy atom. The third-order valence-electron chi connectivity index (χ3n) is 4.38. The molecule has 0 aromatic heterocycles. The largest absolute Gasteiger partial charge is 0.391 e. The number of hydrogen-bond donors (Lipinski definition) is 1. The van der Waals surface area contributed by atoms with Gasteiger partial charge >= 0.3 is 0 Å². The number of carbonyl (C=O) groups is 1. The summed E-state index contributed by atoms with van der Waals surface area (Å²) in [6.45, 7) is 6.59. The van der Waals surface area contributed by atoms with E-state index in [2.05, 4.69) is 11.9 Å². The van der Waals surface area contributed by atoms with Crippen LogP contribution in [0.4, 0.5) is 0 Å². The summed E-state index contributed by atoms with van der Waals surface area (Å²) < 4.78 is 0. The molecule has 2 heterocycles. The Morgan fingerprint density at radius 2 is 2.00 bits per heavy atom. The topological polar surface area (TPSA) is 43.8 Å². The lowest BCUT2D eigenvalue weighted by Crippen LogP contribution is -2.52. The fourth-order valence-corrected chi connectivity index (χ4v) is 3.06. The average Bonchev–Trinajstić information content (AvgIpc) is 2.53. The van der Waals surface area contributed by atoms with Crippen LogP contribution >= 0.6 is 0 Å². The first-order chi connectivity index (χ1) is 7.93. The van der Waals surface area contributed by atoms with Crippen molar-refractivity contribution < 1.29 is 9.90 Å². The lowest BCUT2D eigenvalue weighted by atomic mass is 9.93.